The zero-order chi connectivity index (χ0) is 18.5. The van der Waals surface area contributed by atoms with Crippen molar-refractivity contribution in [2.24, 2.45) is 0 Å². The molecule has 0 bridgehead atoms. The lowest BCUT2D eigenvalue weighted by Gasteiger charge is -2.21. The maximum atomic E-state index is 12.9. The average molecular weight is 376 g/mol. The van der Waals surface area contributed by atoms with Gasteiger partial charge in [0.2, 0.25) is 5.91 Å². The molecule has 140 valence electrons. The Labute approximate surface area is 157 Å². The second kappa shape index (κ2) is 8.46. The van der Waals surface area contributed by atoms with Crippen LogP contribution < -0.4 is 5.32 Å². The summed E-state index contributed by atoms with van der Waals surface area (Å²) in [5, 5.41) is 3.54. The van der Waals surface area contributed by atoms with Crippen molar-refractivity contribution in [3.05, 3.63) is 29.0 Å². The molecule has 1 aliphatic rings. The van der Waals surface area contributed by atoms with Crippen LogP contribution >= 0.6 is 11.3 Å². The lowest BCUT2D eigenvalue weighted by molar-refractivity contribution is -0.122. The third kappa shape index (κ3) is 4.31. The highest BCUT2D eigenvalue weighted by Crippen LogP contribution is 2.28. The van der Waals surface area contributed by atoms with E-state index in [4.69, 9.17) is 4.42 Å². The highest BCUT2D eigenvalue weighted by molar-refractivity contribution is 7.15. The largest absolute Gasteiger partial charge is 0.462 e. The van der Waals surface area contributed by atoms with Crippen molar-refractivity contribution >= 4 is 23.2 Å². The Hall–Kier alpha value is -2.19. The summed E-state index contributed by atoms with van der Waals surface area (Å²) in [7, 11) is 0. The first-order chi connectivity index (χ1) is 12.6. The Balaban J connectivity index is 1.64. The number of likely N-dealkylation sites (N-methyl/N-ethyl adjacent to an activating group) is 1. The normalized spacial score (nSPS) is 15.7. The summed E-state index contributed by atoms with van der Waals surface area (Å²) < 4.78 is 5.38. The Morgan fingerprint density at radius 3 is 2.88 bits per heavy atom. The fraction of sp³-hybridized carbons (Fsp3) is 0.500. The van der Waals surface area contributed by atoms with Gasteiger partial charge in [0.05, 0.1) is 12.8 Å². The molecule has 0 radical (unpaired) electrons. The number of furan rings is 1. The molecule has 7 nitrogen and oxygen atoms in total. The Morgan fingerprint density at radius 2 is 2.15 bits per heavy atom. The fourth-order valence-corrected chi connectivity index (χ4v) is 3.91. The molecule has 1 aliphatic heterocycles. The van der Waals surface area contributed by atoms with E-state index in [0.717, 1.165) is 22.9 Å². The number of thiazole rings is 1. The lowest BCUT2D eigenvalue weighted by Crippen LogP contribution is -2.40. The van der Waals surface area contributed by atoms with Crippen molar-refractivity contribution in [2.45, 2.75) is 20.3 Å². The van der Waals surface area contributed by atoms with Crippen LogP contribution in [-0.4, -0.2) is 65.9 Å². The van der Waals surface area contributed by atoms with Crippen molar-refractivity contribution in [2.75, 3.05) is 39.3 Å². The van der Waals surface area contributed by atoms with Crippen LogP contribution in [0, 0.1) is 6.92 Å². The minimum Gasteiger partial charge on any atom is -0.462 e. The van der Waals surface area contributed by atoms with Gasteiger partial charge >= 0.3 is 0 Å². The van der Waals surface area contributed by atoms with E-state index >= 15 is 0 Å². The number of hydrogen-bond acceptors (Lipinski definition) is 6. The highest BCUT2D eigenvalue weighted by atomic mass is 32.1. The first-order valence-corrected chi connectivity index (χ1v) is 9.69. The van der Waals surface area contributed by atoms with Crippen molar-refractivity contribution in [3.63, 3.8) is 0 Å². The second-order valence-corrected chi connectivity index (χ2v) is 7.48. The summed E-state index contributed by atoms with van der Waals surface area (Å²) >= 11 is 1.47. The van der Waals surface area contributed by atoms with Crippen molar-refractivity contribution in [1.29, 1.82) is 0 Å². The van der Waals surface area contributed by atoms with Crippen LogP contribution in [0.4, 0.5) is 0 Å². The molecule has 26 heavy (non-hydrogen) atoms. The van der Waals surface area contributed by atoms with Crippen LogP contribution in [-0.2, 0) is 4.79 Å². The minimum atomic E-state index is -0.0450. The van der Waals surface area contributed by atoms with Gasteiger partial charge in [0.1, 0.15) is 5.69 Å². The van der Waals surface area contributed by atoms with Crippen LogP contribution in [0.2, 0.25) is 0 Å². The van der Waals surface area contributed by atoms with Crippen molar-refractivity contribution in [1.82, 2.24) is 20.1 Å². The molecule has 1 saturated heterocycles. The van der Waals surface area contributed by atoms with Gasteiger partial charge in [0.15, 0.2) is 10.8 Å². The molecule has 8 heteroatoms. The first-order valence-electron chi connectivity index (χ1n) is 8.88. The topological polar surface area (TPSA) is 78.7 Å². The first kappa shape index (κ1) is 18.6. The van der Waals surface area contributed by atoms with Crippen LogP contribution in [0.5, 0.6) is 0 Å². The summed E-state index contributed by atoms with van der Waals surface area (Å²) in [6.45, 7) is 7.63. The predicted molar refractivity (Wildman–Crippen MR) is 100 cm³/mol. The molecule has 1 fully saturated rings. The Kier molecular flexibility index (Phi) is 6.05. The quantitative estimate of drug-likeness (QED) is 0.863. The number of nitrogens with one attached hydrogen (secondary N) is 1. The standard InChI is InChI=1S/C18H24N4O3S/c1-3-19-15(23)12-21-7-5-8-22(10-9-21)18(24)16-13(2)26-17(20-16)14-6-4-11-25-14/h4,6,11H,3,5,7-10,12H2,1-2H3,(H,19,23). The van der Waals surface area contributed by atoms with E-state index in [0.29, 0.717) is 44.2 Å². The second-order valence-electron chi connectivity index (χ2n) is 6.28. The number of nitrogens with zero attached hydrogens (tertiary/aromatic N) is 3. The van der Waals surface area contributed by atoms with Gasteiger partial charge < -0.3 is 14.6 Å². The zero-order valence-corrected chi connectivity index (χ0v) is 16.0. The minimum absolute atomic E-state index is 0.0331. The van der Waals surface area contributed by atoms with Gasteiger partial charge in [-0.3, -0.25) is 14.5 Å². The smallest absolute Gasteiger partial charge is 0.273 e. The van der Waals surface area contributed by atoms with Crippen LogP contribution in [0.1, 0.15) is 28.7 Å². The van der Waals surface area contributed by atoms with Gasteiger partial charge in [0, 0.05) is 37.6 Å². The van der Waals surface area contributed by atoms with Gasteiger partial charge in [-0.15, -0.1) is 11.3 Å². The van der Waals surface area contributed by atoms with Crippen LogP contribution in [0.15, 0.2) is 22.8 Å². The average Bonchev–Trinajstić information content (AvgIpc) is 3.21. The number of carbonyl (C=O) groups is 2. The SMILES string of the molecule is CCNC(=O)CN1CCCN(C(=O)c2nc(-c3ccco3)sc2C)CC1. The summed E-state index contributed by atoms with van der Waals surface area (Å²) in [5.74, 6) is 0.670. The molecule has 2 amide bonds. The van der Waals surface area contributed by atoms with E-state index in [9.17, 15) is 9.59 Å². The molecular formula is C18H24N4O3S. The summed E-state index contributed by atoms with van der Waals surface area (Å²) in [4.78, 5) is 34.0. The number of carbonyl (C=O) groups excluding carboxylic acids is 2. The fourth-order valence-electron chi connectivity index (χ4n) is 3.04. The van der Waals surface area contributed by atoms with Crippen LogP contribution in [0.3, 0.4) is 0 Å². The number of aryl methyl sites for hydroxylation is 1. The maximum absolute atomic E-state index is 12.9. The summed E-state index contributed by atoms with van der Waals surface area (Å²) in [5.41, 5.74) is 0.499. The third-order valence-electron chi connectivity index (χ3n) is 4.35. The number of hydrogen-bond donors (Lipinski definition) is 1. The van der Waals surface area contributed by atoms with E-state index in [1.54, 1.807) is 6.26 Å². The van der Waals surface area contributed by atoms with E-state index in [-0.39, 0.29) is 11.8 Å². The number of rotatable bonds is 5. The Bertz CT molecular complexity index is 757. The molecule has 0 spiro atoms. The molecule has 0 atom stereocenters. The third-order valence-corrected chi connectivity index (χ3v) is 5.33. The van der Waals surface area contributed by atoms with E-state index < -0.39 is 0 Å². The van der Waals surface area contributed by atoms with Gasteiger partial charge in [0.25, 0.3) is 5.91 Å². The van der Waals surface area contributed by atoms with Crippen LogP contribution in [0.25, 0.3) is 10.8 Å². The van der Waals surface area contributed by atoms with E-state index in [1.807, 2.05) is 30.9 Å². The lowest BCUT2D eigenvalue weighted by atomic mass is 10.3. The van der Waals surface area contributed by atoms with E-state index in [1.165, 1.54) is 11.3 Å². The molecule has 3 rings (SSSR count). The molecular weight excluding hydrogens is 352 g/mol. The van der Waals surface area contributed by atoms with Gasteiger partial charge in [-0.25, -0.2) is 4.98 Å². The van der Waals surface area contributed by atoms with Gasteiger partial charge in [-0.05, 0) is 32.4 Å². The monoisotopic (exact) mass is 376 g/mol. The zero-order valence-electron chi connectivity index (χ0n) is 15.2. The Morgan fingerprint density at radius 1 is 1.31 bits per heavy atom. The number of amides is 2. The molecule has 0 saturated carbocycles. The number of aromatic nitrogens is 1. The summed E-state index contributed by atoms with van der Waals surface area (Å²) in [6.07, 6.45) is 2.45. The molecule has 1 N–H and O–H groups in total. The van der Waals surface area contributed by atoms with E-state index in [2.05, 4.69) is 15.2 Å². The summed E-state index contributed by atoms with van der Waals surface area (Å²) in [6, 6.07) is 3.66. The molecule has 0 aliphatic carbocycles. The molecule has 2 aromatic heterocycles. The highest BCUT2D eigenvalue weighted by Gasteiger charge is 2.25. The molecule has 0 unspecified atom stereocenters. The predicted octanol–water partition coefficient (Wildman–Crippen LogP) is 2.00. The van der Waals surface area contributed by atoms with Gasteiger partial charge in [-0.1, -0.05) is 0 Å². The van der Waals surface area contributed by atoms with Gasteiger partial charge in [-0.2, -0.15) is 0 Å². The molecule has 0 aromatic carbocycles. The van der Waals surface area contributed by atoms with Crippen molar-refractivity contribution in [3.8, 4) is 10.8 Å². The maximum Gasteiger partial charge on any atom is 0.273 e. The molecule has 2 aromatic rings. The molecule has 3 heterocycles. The van der Waals surface area contributed by atoms with Crippen molar-refractivity contribution < 1.29 is 14.0 Å².